The Hall–Kier alpha value is -1.69. The molecule has 0 spiro atoms. The molecule has 2 aromatic carbocycles. The molecule has 0 atom stereocenters. The first-order chi connectivity index (χ1) is 9.56. The molecule has 1 aliphatic carbocycles. The van der Waals surface area contributed by atoms with Crippen molar-refractivity contribution < 1.29 is 17.7 Å². The molecule has 104 valence electrons. The average Bonchev–Trinajstić information content (AvgIpc) is 2.73. The predicted octanol–water partition coefficient (Wildman–Crippen LogP) is 2.66. The van der Waals surface area contributed by atoms with Crippen LogP contribution in [0.3, 0.4) is 0 Å². The van der Waals surface area contributed by atoms with Crippen molar-refractivity contribution in [2.45, 2.75) is 6.10 Å². The quantitative estimate of drug-likeness (QED) is 0.879. The molecule has 0 bridgehead atoms. The second-order valence-electron chi connectivity index (χ2n) is 4.71. The summed E-state index contributed by atoms with van der Waals surface area (Å²) in [5, 5.41) is 0. The third-order valence-corrected chi connectivity index (χ3v) is 4.09. The van der Waals surface area contributed by atoms with Gasteiger partial charge in [0.25, 0.3) is 10.1 Å². The summed E-state index contributed by atoms with van der Waals surface area (Å²) in [5.41, 5.74) is 4.29. The van der Waals surface area contributed by atoms with Crippen molar-refractivity contribution in [1.29, 1.82) is 0 Å². The smallest absolute Gasteiger partial charge is 0.267 e. The average molecular weight is 290 g/mol. The fraction of sp³-hybridized carbons (Fsp3) is 0.200. The Morgan fingerprint density at radius 2 is 1.45 bits per heavy atom. The Bertz CT molecular complexity index is 692. The molecule has 5 heteroatoms. The molecule has 1 N–H and O–H groups in total. The minimum atomic E-state index is -4.00. The Morgan fingerprint density at radius 3 is 1.95 bits per heavy atom. The van der Waals surface area contributed by atoms with E-state index in [-0.39, 0.29) is 12.7 Å². The zero-order valence-corrected chi connectivity index (χ0v) is 11.5. The van der Waals surface area contributed by atoms with Gasteiger partial charge in [-0.2, -0.15) is 8.42 Å². The van der Waals surface area contributed by atoms with Gasteiger partial charge in [0.05, 0.1) is 12.4 Å². The summed E-state index contributed by atoms with van der Waals surface area (Å²) in [7, 11) is -4.00. The number of benzene rings is 2. The van der Waals surface area contributed by atoms with Gasteiger partial charge in [0, 0.05) is 0 Å². The van der Waals surface area contributed by atoms with Crippen LogP contribution in [0.25, 0.3) is 11.1 Å². The largest absolute Gasteiger partial charge is 0.368 e. The highest BCUT2D eigenvalue weighted by atomic mass is 32.2. The second kappa shape index (κ2) is 5.01. The molecule has 2 aromatic rings. The summed E-state index contributed by atoms with van der Waals surface area (Å²) in [6.07, 6.45) is -0.274. The molecule has 0 saturated heterocycles. The Kier molecular flexibility index (Phi) is 3.33. The maximum Gasteiger partial charge on any atom is 0.267 e. The lowest BCUT2D eigenvalue weighted by Gasteiger charge is -2.14. The highest BCUT2D eigenvalue weighted by Crippen LogP contribution is 2.44. The molecule has 0 saturated carbocycles. The Balaban J connectivity index is 1.91. The number of fused-ring (bicyclic) bond motifs is 3. The van der Waals surface area contributed by atoms with E-state index in [1.54, 1.807) is 0 Å². The van der Waals surface area contributed by atoms with Crippen LogP contribution < -0.4 is 0 Å². The normalized spacial score (nSPS) is 14.1. The SMILES string of the molecule is O=S(=O)(O)CCOC1c2ccccc2-c2ccccc21. The van der Waals surface area contributed by atoms with E-state index >= 15 is 0 Å². The maximum atomic E-state index is 10.8. The minimum Gasteiger partial charge on any atom is -0.368 e. The van der Waals surface area contributed by atoms with E-state index in [1.165, 1.54) is 0 Å². The lowest BCUT2D eigenvalue weighted by Crippen LogP contribution is -2.13. The van der Waals surface area contributed by atoms with Gasteiger partial charge in [-0.1, -0.05) is 48.5 Å². The topological polar surface area (TPSA) is 63.6 Å². The second-order valence-corrected chi connectivity index (χ2v) is 6.28. The third kappa shape index (κ3) is 2.47. The molecule has 3 rings (SSSR count). The zero-order chi connectivity index (χ0) is 14.2. The highest BCUT2D eigenvalue weighted by Gasteiger charge is 2.28. The van der Waals surface area contributed by atoms with Crippen LogP contribution >= 0.6 is 0 Å². The molecule has 0 aromatic heterocycles. The van der Waals surface area contributed by atoms with Crippen LogP contribution in [0.15, 0.2) is 48.5 Å². The van der Waals surface area contributed by atoms with Crippen molar-refractivity contribution in [3.8, 4) is 11.1 Å². The molecule has 4 nitrogen and oxygen atoms in total. The van der Waals surface area contributed by atoms with E-state index in [1.807, 2.05) is 48.5 Å². The molecule has 0 aliphatic heterocycles. The molecule has 0 fully saturated rings. The van der Waals surface area contributed by atoms with Gasteiger partial charge in [-0.15, -0.1) is 0 Å². The van der Waals surface area contributed by atoms with Crippen LogP contribution in [0, 0.1) is 0 Å². The first-order valence-corrected chi connectivity index (χ1v) is 7.92. The number of hydrogen-bond donors (Lipinski definition) is 1. The van der Waals surface area contributed by atoms with Crippen molar-refractivity contribution >= 4 is 10.1 Å². The van der Waals surface area contributed by atoms with Gasteiger partial charge in [-0.3, -0.25) is 4.55 Å². The van der Waals surface area contributed by atoms with Crippen molar-refractivity contribution in [3.05, 3.63) is 59.7 Å². The van der Waals surface area contributed by atoms with E-state index in [0.717, 1.165) is 22.3 Å². The van der Waals surface area contributed by atoms with Gasteiger partial charge in [-0.25, -0.2) is 0 Å². The lowest BCUT2D eigenvalue weighted by molar-refractivity contribution is 0.0950. The minimum absolute atomic E-state index is 0.0355. The monoisotopic (exact) mass is 290 g/mol. The standard InChI is InChI=1S/C15H14O4S/c16-20(17,18)10-9-19-15-13-7-3-1-5-11(13)12-6-2-4-8-14(12)15/h1-8,15H,9-10H2,(H,16,17,18). The van der Waals surface area contributed by atoms with Crippen LogP contribution in [0.5, 0.6) is 0 Å². The summed E-state index contributed by atoms with van der Waals surface area (Å²) in [5.74, 6) is -0.395. The molecular weight excluding hydrogens is 276 g/mol. The van der Waals surface area contributed by atoms with E-state index in [0.29, 0.717) is 0 Å². The third-order valence-electron chi connectivity index (χ3n) is 3.40. The molecule has 0 unspecified atom stereocenters. The van der Waals surface area contributed by atoms with Crippen molar-refractivity contribution in [2.24, 2.45) is 0 Å². The fourth-order valence-electron chi connectivity index (χ4n) is 2.56. The molecule has 20 heavy (non-hydrogen) atoms. The predicted molar refractivity (Wildman–Crippen MR) is 76.1 cm³/mol. The van der Waals surface area contributed by atoms with Crippen LogP contribution in [-0.4, -0.2) is 25.3 Å². The van der Waals surface area contributed by atoms with Gasteiger partial charge in [0.15, 0.2) is 0 Å². The molecular formula is C15H14O4S. The summed E-state index contributed by atoms with van der Waals surface area (Å²) < 4.78 is 36.0. The van der Waals surface area contributed by atoms with Gasteiger partial charge in [0.2, 0.25) is 0 Å². The van der Waals surface area contributed by atoms with E-state index < -0.39 is 15.9 Å². The Labute approximate surface area is 117 Å². The van der Waals surface area contributed by atoms with Gasteiger partial charge in [0.1, 0.15) is 6.10 Å². The van der Waals surface area contributed by atoms with Crippen molar-refractivity contribution in [1.82, 2.24) is 0 Å². The summed E-state index contributed by atoms with van der Waals surface area (Å²) in [4.78, 5) is 0. The summed E-state index contributed by atoms with van der Waals surface area (Å²) in [6.45, 7) is -0.0355. The van der Waals surface area contributed by atoms with Gasteiger partial charge in [-0.05, 0) is 22.3 Å². The van der Waals surface area contributed by atoms with Crippen LogP contribution in [-0.2, 0) is 14.9 Å². The number of ether oxygens (including phenoxy) is 1. The fourth-order valence-corrected chi connectivity index (χ4v) is 2.87. The number of rotatable bonds is 4. The van der Waals surface area contributed by atoms with Crippen molar-refractivity contribution in [3.63, 3.8) is 0 Å². The molecule has 0 heterocycles. The van der Waals surface area contributed by atoms with Crippen LogP contribution in [0.4, 0.5) is 0 Å². The number of hydrogen-bond acceptors (Lipinski definition) is 3. The molecule has 0 radical (unpaired) electrons. The summed E-state index contributed by atoms with van der Waals surface area (Å²) >= 11 is 0. The maximum absolute atomic E-state index is 10.8. The van der Waals surface area contributed by atoms with Gasteiger partial charge < -0.3 is 4.74 Å². The van der Waals surface area contributed by atoms with Crippen molar-refractivity contribution in [2.75, 3.05) is 12.4 Å². The van der Waals surface area contributed by atoms with Crippen LogP contribution in [0.1, 0.15) is 17.2 Å². The van der Waals surface area contributed by atoms with Crippen LogP contribution in [0.2, 0.25) is 0 Å². The first-order valence-electron chi connectivity index (χ1n) is 6.31. The zero-order valence-electron chi connectivity index (χ0n) is 10.7. The lowest BCUT2D eigenvalue weighted by atomic mass is 10.1. The molecule has 0 amide bonds. The highest BCUT2D eigenvalue weighted by molar-refractivity contribution is 7.85. The van der Waals surface area contributed by atoms with E-state index in [4.69, 9.17) is 9.29 Å². The Morgan fingerprint density at radius 1 is 0.950 bits per heavy atom. The molecule has 1 aliphatic rings. The first kappa shape index (κ1) is 13.3. The summed E-state index contributed by atoms with van der Waals surface area (Å²) in [6, 6.07) is 15.8. The van der Waals surface area contributed by atoms with E-state index in [9.17, 15) is 8.42 Å². The van der Waals surface area contributed by atoms with E-state index in [2.05, 4.69) is 0 Å². The van der Waals surface area contributed by atoms with Gasteiger partial charge >= 0.3 is 0 Å².